The Morgan fingerprint density at radius 2 is 2.33 bits per heavy atom. The van der Waals surface area contributed by atoms with E-state index < -0.39 is 5.82 Å². The van der Waals surface area contributed by atoms with Crippen molar-refractivity contribution in [2.45, 2.75) is 12.3 Å². The van der Waals surface area contributed by atoms with Crippen molar-refractivity contribution in [2.24, 2.45) is 0 Å². The molecule has 15 heavy (non-hydrogen) atoms. The van der Waals surface area contributed by atoms with Gasteiger partial charge in [-0.15, -0.1) is 11.6 Å². The monoisotopic (exact) mass is 227 g/mol. The molecule has 1 unspecified atom stereocenters. The van der Waals surface area contributed by atoms with Gasteiger partial charge < -0.3 is 4.52 Å². The molecule has 1 atom stereocenters. The van der Waals surface area contributed by atoms with Gasteiger partial charge in [-0.25, -0.2) is 4.39 Å². The van der Waals surface area contributed by atoms with Gasteiger partial charge in [0.2, 0.25) is 0 Å². The van der Waals surface area contributed by atoms with Crippen molar-refractivity contribution >= 4 is 11.6 Å². The molecule has 6 heteroatoms. The van der Waals surface area contributed by atoms with Gasteiger partial charge in [0.05, 0.1) is 17.1 Å². The maximum absolute atomic E-state index is 13.3. The zero-order valence-corrected chi connectivity index (χ0v) is 8.57. The lowest BCUT2D eigenvalue weighted by Crippen LogP contribution is -1.88. The first-order valence-corrected chi connectivity index (χ1v) is 4.69. The lowest BCUT2D eigenvalue weighted by molar-refractivity contribution is 0.420. The predicted octanol–water partition coefficient (Wildman–Crippen LogP) is 2.57. The van der Waals surface area contributed by atoms with Crippen LogP contribution in [0.25, 0.3) is 11.5 Å². The lowest BCUT2D eigenvalue weighted by atomic mass is 10.2. The van der Waals surface area contributed by atoms with Crippen LogP contribution in [0, 0.1) is 5.82 Å². The maximum atomic E-state index is 13.3. The van der Waals surface area contributed by atoms with E-state index in [1.165, 1.54) is 12.3 Å². The smallest absolute Gasteiger partial charge is 0.261 e. The number of halogens is 2. The minimum absolute atomic E-state index is 0.109. The van der Waals surface area contributed by atoms with E-state index in [1.807, 2.05) is 0 Å². The predicted molar refractivity (Wildman–Crippen MR) is 51.8 cm³/mol. The van der Waals surface area contributed by atoms with Crippen LogP contribution < -0.4 is 0 Å². The van der Waals surface area contributed by atoms with Gasteiger partial charge in [0.15, 0.2) is 11.6 Å². The van der Waals surface area contributed by atoms with Crippen molar-refractivity contribution in [1.82, 2.24) is 15.1 Å². The summed E-state index contributed by atoms with van der Waals surface area (Å²) in [7, 11) is 0. The molecule has 4 nitrogen and oxygen atoms in total. The summed E-state index contributed by atoms with van der Waals surface area (Å²) >= 11 is 5.75. The Balaban J connectivity index is 2.42. The summed E-state index contributed by atoms with van der Waals surface area (Å²) in [5, 5.41) is 3.26. The van der Waals surface area contributed by atoms with Crippen LogP contribution in [0.3, 0.4) is 0 Å². The molecule has 0 amide bonds. The van der Waals surface area contributed by atoms with Crippen molar-refractivity contribution in [2.75, 3.05) is 0 Å². The molecule has 0 spiro atoms. The second-order valence-electron chi connectivity index (χ2n) is 2.93. The summed E-state index contributed by atoms with van der Waals surface area (Å²) in [5.74, 6) is -0.0600. The largest absolute Gasteiger partial charge is 0.334 e. The van der Waals surface area contributed by atoms with E-state index in [0.29, 0.717) is 5.82 Å². The molecular formula is C9H7ClFN3O. The Labute approximate surface area is 90.1 Å². The summed E-state index contributed by atoms with van der Waals surface area (Å²) in [4.78, 5) is 7.58. The normalized spacial score (nSPS) is 12.7. The fourth-order valence-electron chi connectivity index (χ4n) is 1.05. The van der Waals surface area contributed by atoms with E-state index in [4.69, 9.17) is 16.1 Å². The Morgan fingerprint density at radius 1 is 1.53 bits per heavy atom. The average Bonchev–Trinajstić information content (AvgIpc) is 2.67. The van der Waals surface area contributed by atoms with Crippen LogP contribution in [0.5, 0.6) is 0 Å². The van der Waals surface area contributed by atoms with Gasteiger partial charge in [-0.2, -0.15) is 4.98 Å². The average molecular weight is 228 g/mol. The maximum Gasteiger partial charge on any atom is 0.261 e. The van der Waals surface area contributed by atoms with Crippen LogP contribution in [0.1, 0.15) is 18.1 Å². The molecule has 0 bridgehead atoms. The number of hydrogen-bond acceptors (Lipinski definition) is 4. The number of pyridine rings is 1. The molecule has 0 aliphatic carbocycles. The Morgan fingerprint density at radius 3 is 2.93 bits per heavy atom. The highest BCUT2D eigenvalue weighted by Crippen LogP contribution is 2.23. The molecule has 2 aromatic heterocycles. The Kier molecular flexibility index (Phi) is 2.64. The van der Waals surface area contributed by atoms with Crippen molar-refractivity contribution in [3.05, 3.63) is 30.1 Å². The van der Waals surface area contributed by atoms with Gasteiger partial charge in [0, 0.05) is 6.20 Å². The molecule has 0 fully saturated rings. The van der Waals surface area contributed by atoms with Crippen molar-refractivity contribution in [3.63, 3.8) is 0 Å². The third kappa shape index (κ3) is 1.97. The van der Waals surface area contributed by atoms with E-state index in [2.05, 4.69) is 15.1 Å². The van der Waals surface area contributed by atoms with E-state index in [0.717, 1.165) is 6.20 Å². The minimum atomic E-state index is -0.505. The second kappa shape index (κ2) is 3.94. The number of alkyl halides is 1. The number of nitrogens with zero attached hydrogens (tertiary/aromatic N) is 3. The fraction of sp³-hybridized carbons (Fsp3) is 0.222. The van der Waals surface area contributed by atoms with Gasteiger partial charge in [-0.3, -0.25) is 4.98 Å². The molecule has 0 aromatic carbocycles. The summed E-state index contributed by atoms with van der Waals surface area (Å²) in [6.07, 6.45) is 2.54. The van der Waals surface area contributed by atoms with Crippen LogP contribution >= 0.6 is 11.6 Å². The van der Waals surface area contributed by atoms with E-state index in [-0.39, 0.29) is 16.8 Å². The molecule has 0 aliphatic heterocycles. The van der Waals surface area contributed by atoms with Crippen LogP contribution in [-0.2, 0) is 0 Å². The van der Waals surface area contributed by atoms with Gasteiger partial charge in [-0.1, -0.05) is 5.16 Å². The number of aromatic nitrogens is 3. The summed E-state index contributed by atoms with van der Waals surface area (Å²) in [6.45, 7) is 1.71. The fourth-order valence-corrected chi connectivity index (χ4v) is 1.14. The van der Waals surface area contributed by atoms with Crippen LogP contribution in [0.4, 0.5) is 4.39 Å². The quantitative estimate of drug-likeness (QED) is 0.740. The van der Waals surface area contributed by atoms with E-state index in [1.54, 1.807) is 6.92 Å². The summed E-state index contributed by atoms with van der Waals surface area (Å²) in [6, 6.07) is 1.46. The number of rotatable bonds is 2. The summed E-state index contributed by atoms with van der Waals surface area (Å²) < 4.78 is 18.1. The third-order valence-corrected chi connectivity index (χ3v) is 2.00. The van der Waals surface area contributed by atoms with Gasteiger partial charge in [0.1, 0.15) is 0 Å². The summed E-state index contributed by atoms with van der Waals surface area (Å²) in [5.41, 5.74) is 0.223. The Bertz CT molecular complexity index is 472. The third-order valence-electron chi connectivity index (χ3n) is 1.80. The SMILES string of the molecule is CC(Cl)c1noc(-c2ccncc2F)n1. The van der Waals surface area contributed by atoms with Crippen molar-refractivity contribution in [1.29, 1.82) is 0 Å². The zero-order chi connectivity index (χ0) is 10.8. The highest BCUT2D eigenvalue weighted by atomic mass is 35.5. The lowest BCUT2D eigenvalue weighted by Gasteiger charge is -1.94. The van der Waals surface area contributed by atoms with Crippen LogP contribution in [0.15, 0.2) is 23.0 Å². The standard InChI is InChI=1S/C9H7ClFN3O/c1-5(10)8-13-9(15-14-8)6-2-3-12-4-7(6)11/h2-5H,1H3. The van der Waals surface area contributed by atoms with Crippen molar-refractivity contribution in [3.8, 4) is 11.5 Å². The van der Waals surface area contributed by atoms with Crippen LogP contribution in [-0.4, -0.2) is 15.1 Å². The van der Waals surface area contributed by atoms with Crippen molar-refractivity contribution < 1.29 is 8.91 Å². The molecule has 2 rings (SSSR count). The first-order chi connectivity index (χ1) is 7.18. The molecular weight excluding hydrogens is 221 g/mol. The highest BCUT2D eigenvalue weighted by molar-refractivity contribution is 6.20. The van der Waals surface area contributed by atoms with Gasteiger partial charge in [-0.05, 0) is 13.0 Å². The topological polar surface area (TPSA) is 51.8 Å². The van der Waals surface area contributed by atoms with Crippen LogP contribution in [0.2, 0.25) is 0 Å². The van der Waals surface area contributed by atoms with Gasteiger partial charge >= 0.3 is 0 Å². The molecule has 0 saturated heterocycles. The van der Waals surface area contributed by atoms with Gasteiger partial charge in [0.25, 0.3) is 5.89 Å². The minimum Gasteiger partial charge on any atom is -0.334 e. The Hall–Kier alpha value is -1.49. The molecule has 78 valence electrons. The number of hydrogen-bond donors (Lipinski definition) is 0. The first-order valence-electron chi connectivity index (χ1n) is 4.26. The van der Waals surface area contributed by atoms with E-state index >= 15 is 0 Å². The molecule has 2 aromatic rings. The molecule has 0 radical (unpaired) electrons. The molecule has 2 heterocycles. The molecule has 0 aliphatic rings. The molecule has 0 saturated carbocycles. The molecule has 0 N–H and O–H groups in total. The highest BCUT2D eigenvalue weighted by Gasteiger charge is 2.15. The van der Waals surface area contributed by atoms with E-state index in [9.17, 15) is 4.39 Å². The second-order valence-corrected chi connectivity index (χ2v) is 3.58. The first kappa shape index (κ1) is 10.0. The zero-order valence-electron chi connectivity index (χ0n) is 7.82.